The quantitative estimate of drug-likeness (QED) is 0.730. The standard InChI is InChI=1S/C11H15BrO/c1-8(2)10(7-12)6-11-5-4-9(3)13-11/h4-6,8H,7H2,1-3H3. The SMILES string of the molecule is Cc1ccc(C=C(CBr)C(C)C)o1. The van der Waals surface area contributed by atoms with Crippen molar-refractivity contribution in [2.45, 2.75) is 20.8 Å². The minimum Gasteiger partial charge on any atom is -0.462 e. The average molecular weight is 243 g/mol. The Morgan fingerprint density at radius 3 is 2.62 bits per heavy atom. The molecule has 0 radical (unpaired) electrons. The summed E-state index contributed by atoms with van der Waals surface area (Å²) in [4.78, 5) is 0. The molecular formula is C11H15BrO. The number of hydrogen-bond donors (Lipinski definition) is 0. The zero-order valence-corrected chi connectivity index (χ0v) is 9.89. The number of furan rings is 1. The van der Waals surface area contributed by atoms with E-state index in [4.69, 9.17) is 4.42 Å². The van der Waals surface area contributed by atoms with E-state index in [-0.39, 0.29) is 0 Å². The molecule has 0 aliphatic rings. The molecule has 0 aromatic carbocycles. The third-order valence-electron chi connectivity index (χ3n) is 1.98. The first kappa shape index (κ1) is 10.6. The van der Waals surface area contributed by atoms with Gasteiger partial charge in [-0.15, -0.1) is 0 Å². The third-order valence-corrected chi connectivity index (χ3v) is 2.63. The van der Waals surface area contributed by atoms with Gasteiger partial charge in [-0.25, -0.2) is 0 Å². The minimum atomic E-state index is 0.560. The first-order valence-electron chi connectivity index (χ1n) is 4.46. The van der Waals surface area contributed by atoms with Gasteiger partial charge in [-0.2, -0.15) is 0 Å². The lowest BCUT2D eigenvalue weighted by molar-refractivity contribution is 0.524. The van der Waals surface area contributed by atoms with Crippen LogP contribution in [0, 0.1) is 12.8 Å². The Labute approximate surface area is 88.0 Å². The Bertz CT molecular complexity index is 297. The Morgan fingerprint density at radius 1 is 1.54 bits per heavy atom. The normalized spacial score (nSPS) is 12.5. The van der Waals surface area contributed by atoms with Crippen molar-refractivity contribution in [3.63, 3.8) is 0 Å². The maximum Gasteiger partial charge on any atom is 0.127 e. The number of rotatable bonds is 3. The van der Waals surface area contributed by atoms with E-state index >= 15 is 0 Å². The lowest BCUT2D eigenvalue weighted by Gasteiger charge is -2.05. The Balaban J connectivity index is 2.84. The van der Waals surface area contributed by atoms with Crippen LogP contribution in [0.5, 0.6) is 0 Å². The van der Waals surface area contributed by atoms with Crippen LogP contribution in [-0.2, 0) is 0 Å². The van der Waals surface area contributed by atoms with E-state index in [9.17, 15) is 0 Å². The molecule has 0 aliphatic heterocycles. The van der Waals surface area contributed by atoms with Gasteiger partial charge < -0.3 is 4.42 Å². The van der Waals surface area contributed by atoms with Gasteiger partial charge in [-0.1, -0.05) is 35.4 Å². The van der Waals surface area contributed by atoms with E-state index in [0.29, 0.717) is 5.92 Å². The lowest BCUT2D eigenvalue weighted by atomic mass is 10.0. The number of allylic oxidation sites excluding steroid dienone is 1. The van der Waals surface area contributed by atoms with Gasteiger partial charge in [0.15, 0.2) is 0 Å². The first-order valence-corrected chi connectivity index (χ1v) is 5.58. The van der Waals surface area contributed by atoms with E-state index < -0.39 is 0 Å². The molecule has 13 heavy (non-hydrogen) atoms. The first-order chi connectivity index (χ1) is 6.13. The van der Waals surface area contributed by atoms with E-state index in [2.05, 4.69) is 35.9 Å². The largest absolute Gasteiger partial charge is 0.462 e. The highest BCUT2D eigenvalue weighted by atomic mass is 79.9. The summed E-state index contributed by atoms with van der Waals surface area (Å²) in [5.41, 5.74) is 1.36. The molecule has 0 unspecified atom stereocenters. The second-order valence-corrected chi connectivity index (χ2v) is 4.02. The van der Waals surface area contributed by atoms with Crippen molar-refractivity contribution >= 4 is 22.0 Å². The van der Waals surface area contributed by atoms with Crippen LogP contribution in [0.2, 0.25) is 0 Å². The van der Waals surface area contributed by atoms with Crippen LogP contribution in [0.4, 0.5) is 0 Å². The summed E-state index contributed by atoms with van der Waals surface area (Å²) in [7, 11) is 0. The van der Waals surface area contributed by atoms with Gasteiger partial charge in [0.1, 0.15) is 11.5 Å². The maximum absolute atomic E-state index is 5.47. The molecule has 1 rings (SSSR count). The fourth-order valence-corrected chi connectivity index (χ4v) is 1.88. The summed E-state index contributed by atoms with van der Waals surface area (Å²) in [6, 6.07) is 3.98. The predicted octanol–water partition coefficient (Wildman–Crippen LogP) is 4.02. The van der Waals surface area contributed by atoms with Crippen LogP contribution in [0.3, 0.4) is 0 Å². The number of aryl methyl sites for hydroxylation is 1. The molecule has 0 fully saturated rings. The lowest BCUT2D eigenvalue weighted by Crippen LogP contribution is -1.94. The number of alkyl halides is 1. The molecule has 0 amide bonds. The highest BCUT2D eigenvalue weighted by Gasteiger charge is 2.03. The summed E-state index contributed by atoms with van der Waals surface area (Å²) in [6.07, 6.45) is 2.10. The summed E-state index contributed by atoms with van der Waals surface area (Å²) in [6.45, 7) is 6.33. The third kappa shape index (κ3) is 3.03. The van der Waals surface area contributed by atoms with Crippen molar-refractivity contribution in [1.29, 1.82) is 0 Å². The average Bonchev–Trinajstić information content (AvgIpc) is 2.46. The summed E-state index contributed by atoms with van der Waals surface area (Å²) in [5, 5.41) is 0.907. The monoisotopic (exact) mass is 242 g/mol. The van der Waals surface area contributed by atoms with E-state index in [1.54, 1.807) is 0 Å². The molecule has 1 heterocycles. The van der Waals surface area contributed by atoms with Gasteiger partial charge >= 0.3 is 0 Å². The van der Waals surface area contributed by atoms with Crippen LogP contribution >= 0.6 is 15.9 Å². The van der Waals surface area contributed by atoms with Gasteiger partial charge in [-0.05, 0) is 31.1 Å². The fraction of sp³-hybridized carbons (Fsp3) is 0.455. The molecular weight excluding hydrogens is 228 g/mol. The van der Waals surface area contributed by atoms with Crippen molar-refractivity contribution in [3.05, 3.63) is 29.2 Å². The van der Waals surface area contributed by atoms with Crippen LogP contribution in [0.25, 0.3) is 6.08 Å². The molecule has 1 nitrogen and oxygen atoms in total. The molecule has 0 saturated heterocycles. The molecule has 0 atom stereocenters. The molecule has 2 heteroatoms. The van der Waals surface area contributed by atoms with E-state index in [1.165, 1.54) is 5.57 Å². The molecule has 0 aliphatic carbocycles. The van der Waals surface area contributed by atoms with Crippen molar-refractivity contribution in [2.24, 2.45) is 5.92 Å². The minimum absolute atomic E-state index is 0.560. The Hall–Kier alpha value is -0.500. The zero-order valence-electron chi connectivity index (χ0n) is 8.30. The van der Waals surface area contributed by atoms with Crippen molar-refractivity contribution < 1.29 is 4.42 Å². The van der Waals surface area contributed by atoms with Crippen LogP contribution in [-0.4, -0.2) is 5.33 Å². The second-order valence-electron chi connectivity index (χ2n) is 3.46. The van der Waals surface area contributed by atoms with E-state index in [0.717, 1.165) is 16.9 Å². The molecule has 0 saturated carbocycles. The molecule has 0 spiro atoms. The van der Waals surface area contributed by atoms with E-state index in [1.807, 2.05) is 19.1 Å². The molecule has 72 valence electrons. The fourth-order valence-electron chi connectivity index (χ4n) is 1.07. The second kappa shape index (κ2) is 4.66. The number of halogens is 1. The van der Waals surface area contributed by atoms with Crippen molar-refractivity contribution in [2.75, 3.05) is 5.33 Å². The van der Waals surface area contributed by atoms with Crippen LogP contribution in [0.15, 0.2) is 22.1 Å². The summed E-state index contributed by atoms with van der Waals surface area (Å²) in [5.74, 6) is 2.47. The Kier molecular flexibility index (Phi) is 3.79. The number of hydrogen-bond acceptors (Lipinski definition) is 1. The molecule has 1 aromatic rings. The smallest absolute Gasteiger partial charge is 0.127 e. The predicted molar refractivity (Wildman–Crippen MR) is 60.1 cm³/mol. The van der Waals surface area contributed by atoms with Crippen molar-refractivity contribution in [1.82, 2.24) is 0 Å². The highest BCUT2D eigenvalue weighted by Crippen LogP contribution is 2.18. The van der Waals surface area contributed by atoms with Crippen molar-refractivity contribution in [3.8, 4) is 0 Å². The molecule has 1 aromatic heterocycles. The molecule has 0 bridgehead atoms. The van der Waals surface area contributed by atoms with Gasteiger partial charge in [0.25, 0.3) is 0 Å². The van der Waals surface area contributed by atoms with Gasteiger partial charge in [0.2, 0.25) is 0 Å². The van der Waals surface area contributed by atoms with Gasteiger partial charge in [0, 0.05) is 5.33 Å². The Morgan fingerprint density at radius 2 is 2.23 bits per heavy atom. The van der Waals surface area contributed by atoms with Crippen LogP contribution < -0.4 is 0 Å². The van der Waals surface area contributed by atoms with Crippen LogP contribution in [0.1, 0.15) is 25.4 Å². The van der Waals surface area contributed by atoms with Gasteiger partial charge in [0.05, 0.1) is 0 Å². The summed E-state index contributed by atoms with van der Waals surface area (Å²) >= 11 is 3.47. The zero-order chi connectivity index (χ0) is 9.84. The topological polar surface area (TPSA) is 13.1 Å². The maximum atomic E-state index is 5.47. The molecule has 0 N–H and O–H groups in total. The summed E-state index contributed by atoms with van der Waals surface area (Å²) < 4.78 is 5.47. The van der Waals surface area contributed by atoms with Gasteiger partial charge in [-0.3, -0.25) is 0 Å². The highest BCUT2D eigenvalue weighted by molar-refractivity contribution is 9.09.